The molecule has 106 valence electrons. The van der Waals surface area contributed by atoms with Crippen LogP contribution in [0.5, 0.6) is 5.75 Å². The van der Waals surface area contributed by atoms with E-state index in [9.17, 15) is 4.79 Å². The lowest BCUT2D eigenvalue weighted by Crippen LogP contribution is -2.21. The zero-order valence-electron chi connectivity index (χ0n) is 12.1. The molecule has 0 fully saturated rings. The van der Waals surface area contributed by atoms with Crippen molar-refractivity contribution >= 4 is 5.97 Å². The van der Waals surface area contributed by atoms with E-state index in [4.69, 9.17) is 9.47 Å². The molecule has 0 amide bonds. The van der Waals surface area contributed by atoms with Crippen LogP contribution in [-0.4, -0.2) is 25.7 Å². The Morgan fingerprint density at radius 2 is 2.11 bits per heavy atom. The van der Waals surface area contributed by atoms with Crippen LogP contribution in [0.15, 0.2) is 24.3 Å². The highest BCUT2D eigenvalue weighted by Crippen LogP contribution is 2.22. The monoisotopic (exact) mass is 265 g/mol. The second-order valence-corrected chi connectivity index (χ2v) is 4.59. The Labute approximate surface area is 115 Å². The summed E-state index contributed by atoms with van der Waals surface area (Å²) in [4.78, 5) is 11.6. The second kappa shape index (κ2) is 7.79. The lowest BCUT2D eigenvalue weighted by molar-refractivity contribution is -0.143. The quantitative estimate of drug-likeness (QED) is 0.770. The fourth-order valence-corrected chi connectivity index (χ4v) is 1.85. The molecule has 1 rings (SSSR count). The van der Waals surface area contributed by atoms with Crippen LogP contribution in [0, 0.1) is 0 Å². The number of hydrogen-bond donors (Lipinski definition) is 1. The van der Waals surface area contributed by atoms with Crippen molar-refractivity contribution in [1.29, 1.82) is 0 Å². The molecule has 1 aromatic rings. The fraction of sp³-hybridized carbons (Fsp3) is 0.533. The highest BCUT2D eigenvalue weighted by Gasteiger charge is 2.15. The summed E-state index contributed by atoms with van der Waals surface area (Å²) in [7, 11) is 1.83. The number of hydrogen-bond acceptors (Lipinski definition) is 4. The van der Waals surface area contributed by atoms with Gasteiger partial charge in [0, 0.05) is 6.04 Å². The predicted molar refractivity (Wildman–Crippen MR) is 75.3 cm³/mol. The third kappa shape index (κ3) is 5.30. The summed E-state index contributed by atoms with van der Waals surface area (Å²) < 4.78 is 10.6. The maximum absolute atomic E-state index is 11.6. The van der Waals surface area contributed by atoms with Gasteiger partial charge < -0.3 is 14.8 Å². The third-order valence-corrected chi connectivity index (χ3v) is 2.66. The Bertz CT molecular complexity index is 404. The minimum atomic E-state index is -0.197. The van der Waals surface area contributed by atoms with E-state index in [1.807, 2.05) is 52.1 Å². The summed E-state index contributed by atoms with van der Waals surface area (Å²) >= 11 is 0. The van der Waals surface area contributed by atoms with E-state index in [1.54, 1.807) is 0 Å². The molecule has 4 heteroatoms. The average Bonchev–Trinajstić information content (AvgIpc) is 2.35. The minimum absolute atomic E-state index is 0.0604. The summed E-state index contributed by atoms with van der Waals surface area (Å²) in [5.74, 6) is 0.619. The molecule has 0 aliphatic heterocycles. The van der Waals surface area contributed by atoms with Gasteiger partial charge >= 0.3 is 5.97 Å². The minimum Gasteiger partial charge on any atom is -0.491 e. The molecule has 1 N–H and O–H groups in total. The van der Waals surface area contributed by atoms with Crippen LogP contribution >= 0.6 is 0 Å². The molecule has 19 heavy (non-hydrogen) atoms. The van der Waals surface area contributed by atoms with E-state index in [2.05, 4.69) is 5.32 Å². The molecule has 1 aromatic carbocycles. The lowest BCUT2D eigenvalue weighted by atomic mass is 10.0. The Kier molecular flexibility index (Phi) is 6.36. The summed E-state index contributed by atoms with van der Waals surface area (Å²) in [6.45, 7) is 6.19. The molecule has 4 nitrogen and oxygen atoms in total. The van der Waals surface area contributed by atoms with E-state index in [0.29, 0.717) is 13.0 Å². The van der Waals surface area contributed by atoms with Crippen molar-refractivity contribution in [3.8, 4) is 5.75 Å². The first kappa shape index (κ1) is 15.5. The number of benzene rings is 1. The van der Waals surface area contributed by atoms with Gasteiger partial charge in [0.2, 0.25) is 0 Å². The topological polar surface area (TPSA) is 47.6 Å². The van der Waals surface area contributed by atoms with Crippen molar-refractivity contribution in [2.24, 2.45) is 0 Å². The van der Waals surface area contributed by atoms with Crippen molar-refractivity contribution in [3.05, 3.63) is 29.8 Å². The Morgan fingerprint density at radius 3 is 2.68 bits per heavy atom. The average molecular weight is 265 g/mol. The Hall–Kier alpha value is -1.55. The van der Waals surface area contributed by atoms with E-state index in [-0.39, 0.29) is 18.1 Å². The Morgan fingerprint density at radius 1 is 1.37 bits per heavy atom. The molecule has 0 heterocycles. The van der Waals surface area contributed by atoms with Gasteiger partial charge in [-0.05, 0) is 45.5 Å². The number of esters is 1. The molecule has 1 atom stereocenters. The van der Waals surface area contributed by atoms with Crippen LogP contribution in [0.2, 0.25) is 0 Å². The van der Waals surface area contributed by atoms with Crippen LogP contribution in [0.1, 0.15) is 38.8 Å². The lowest BCUT2D eigenvalue weighted by Gasteiger charge is -2.17. The standard InChI is InChI=1S/C15H23NO3/c1-5-18-15(17)10-14(16-4)12-7-6-8-13(9-12)19-11(2)3/h6-9,11,14,16H,5,10H2,1-4H3. The molecule has 0 aliphatic carbocycles. The highest BCUT2D eigenvalue weighted by molar-refractivity contribution is 5.70. The molecule has 0 radical (unpaired) electrons. The first-order chi connectivity index (χ1) is 9.06. The largest absolute Gasteiger partial charge is 0.491 e. The Balaban J connectivity index is 2.77. The van der Waals surface area contributed by atoms with E-state index < -0.39 is 0 Å². The van der Waals surface area contributed by atoms with Crippen molar-refractivity contribution in [2.75, 3.05) is 13.7 Å². The number of carbonyl (C=O) groups excluding carboxylic acids is 1. The van der Waals surface area contributed by atoms with Crippen molar-refractivity contribution in [1.82, 2.24) is 5.32 Å². The van der Waals surface area contributed by atoms with Gasteiger partial charge in [0.25, 0.3) is 0 Å². The van der Waals surface area contributed by atoms with Gasteiger partial charge in [0.05, 0.1) is 19.1 Å². The maximum Gasteiger partial charge on any atom is 0.307 e. The number of nitrogens with one attached hydrogen (secondary N) is 1. The van der Waals surface area contributed by atoms with Gasteiger partial charge in [-0.3, -0.25) is 4.79 Å². The normalized spacial score (nSPS) is 12.3. The molecule has 0 saturated carbocycles. The molecule has 0 aromatic heterocycles. The van der Waals surface area contributed by atoms with Crippen molar-refractivity contribution in [3.63, 3.8) is 0 Å². The summed E-state index contributed by atoms with van der Waals surface area (Å²) in [6.07, 6.45) is 0.448. The maximum atomic E-state index is 11.6. The smallest absolute Gasteiger partial charge is 0.307 e. The first-order valence-electron chi connectivity index (χ1n) is 6.66. The van der Waals surface area contributed by atoms with Crippen molar-refractivity contribution in [2.45, 2.75) is 39.3 Å². The SMILES string of the molecule is CCOC(=O)CC(NC)c1cccc(OC(C)C)c1. The highest BCUT2D eigenvalue weighted by atomic mass is 16.5. The summed E-state index contributed by atoms with van der Waals surface area (Å²) in [5.41, 5.74) is 1.02. The molecular weight excluding hydrogens is 242 g/mol. The van der Waals surface area contributed by atoms with E-state index in [1.165, 1.54) is 0 Å². The predicted octanol–water partition coefficient (Wildman–Crippen LogP) is 2.69. The molecular formula is C15H23NO3. The van der Waals surface area contributed by atoms with Crippen molar-refractivity contribution < 1.29 is 14.3 Å². The molecule has 1 unspecified atom stereocenters. The number of ether oxygens (including phenoxy) is 2. The van der Waals surface area contributed by atoms with Crippen LogP contribution in [0.3, 0.4) is 0 Å². The zero-order valence-corrected chi connectivity index (χ0v) is 12.1. The van der Waals surface area contributed by atoms with E-state index in [0.717, 1.165) is 11.3 Å². The van der Waals surface area contributed by atoms with Gasteiger partial charge in [-0.25, -0.2) is 0 Å². The fourth-order valence-electron chi connectivity index (χ4n) is 1.85. The zero-order chi connectivity index (χ0) is 14.3. The van der Waals surface area contributed by atoms with E-state index >= 15 is 0 Å². The third-order valence-electron chi connectivity index (χ3n) is 2.66. The number of rotatable bonds is 7. The van der Waals surface area contributed by atoms with Gasteiger partial charge in [-0.15, -0.1) is 0 Å². The van der Waals surface area contributed by atoms with Gasteiger partial charge in [-0.2, -0.15) is 0 Å². The molecule has 0 bridgehead atoms. The molecule has 0 aliphatic rings. The first-order valence-corrected chi connectivity index (χ1v) is 6.66. The summed E-state index contributed by atoms with van der Waals surface area (Å²) in [5, 5.41) is 3.13. The number of carbonyl (C=O) groups is 1. The molecule has 0 spiro atoms. The van der Waals surface area contributed by atoms with Crippen LogP contribution in [0.25, 0.3) is 0 Å². The van der Waals surface area contributed by atoms with Crippen LogP contribution < -0.4 is 10.1 Å². The van der Waals surface area contributed by atoms with Gasteiger partial charge in [0.1, 0.15) is 5.75 Å². The summed E-state index contributed by atoms with van der Waals surface area (Å²) in [6, 6.07) is 7.73. The molecule has 0 saturated heterocycles. The van der Waals surface area contributed by atoms with Crippen LogP contribution in [0.4, 0.5) is 0 Å². The second-order valence-electron chi connectivity index (χ2n) is 4.59. The van der Waals surface area contributed by atoms with Gasteiger partial charge in [0.15, 0.2) is 0 Å². The van der Waals surface area contributed by atoms with Crippen LogP contribution in [-0.2, 0) is 9.53 Å². The van der Waals surface area contributed by atoms with Gasteiger partial charge in [-0.1, -0.05) is 12.1 Å².